The van der Waals surface area contributed by atoms with Crippen LogP contribution in [0.2, 0.25) is 0 Å². The Balaban J connectivity index is 2.09. The van der Waals surface area contributed by atoms with E-state index in [0.717, 1.165) is 29.8 Å². The molecule has 0 spiro atoms. The van der Waals surface area contributed by atoms with Crippen molar-refractivity contribution in [3.05, 3.63) is 65.2 Å². The number of likely N-dealkylation sites (N-methyl/N-ethyl adjacent to an activating group) is 1. The van der Waals surface area contributed by atoms with Crippen molar-refractivity contribution >= 4 is 11.5 Å². The van der Waals surface area contributed by atoms with Crippen molar-refractivity contribution in [1.29, 1.82) is 0 Å². The Bertz CT molecular complexity index is 589. The van der Waals surface area contributed by atoms with Crippen LogP contribution in [-0.2, 0) is 6.42 Å². The fraction of sp³-hybridized carbons (Fsp3) is 0.188. The minimum Gasteiger partial charge on any atom is -0.373 e. The molecule has 2 heteroatoms. The third-order valence-electron chi connectivity index (χ3n) is 3.50. The summed E-state index contributed by atoms with van der Waals surface area (Å²) in [6.07, 6.45) is 1.03. The predicted molar refractivity (Wildman–Crippen MR) is 73.3 cm³/mol. The summed E-state index contributed by atoms with van der Waals surface area (Å²) in [5.41, 5.74) is 3.95. The van der Waals surface area contributed by atoms with Crippen LogP contribution in [0, 0.1) is 0 Å². The van der Waals surface area contributed by atoms with Gasteiger partial charge >= 0.3 is 0 Å². The lowest BCUT2D eigenvalue weighted by atomic mass is 9.99. The van der Waals surface area contributed by atoms with Gasteiger partial charge < -0.3 is 4.90 Å². The van der Waals surface area contributed by atoms with E-state index in [0.29, 0.717) is 0 Å². The van der Waals surface area contributed by atoms with Gasteiger partial charge in [-0.2, -0.15) is 0 Å². The lowest BCUT2D eigenvalue weighted by molar-refractivity contribution is 0.103. The van der Waals surface area contributed by atoms with Crippen LogP contribution < -0.4 is 4.90 Å². The number of para-hydroxylation sites is 1. The molecule has 0 unspecified atom stereocenters. The summed E-state index contributed by atoms with van der Waals surface area (Å²) in [5, 5.41) is 0. The van der Waals surface area contributed by atoms with Crippen molar-refractivity contribution < 1.29 is 4.79 Å². The van der Waals surface area contributed by atoms with Gasteiger partial charge in [-0.05, 0) is 18.1 Å². The van der Waals surface area contributed by atoms with Crippen molar-refractivity contribution in [2.45, 2.75) is 6.42 Å². The highest BCUT2D eigenvalue weighted by molar-refractivity contribution is 6.13. The summed E-state index contributed by atoms with van der Waals surface area (Å²) in [5.74, 6) is 0.112. The van der Waals surface area contributed by atoms with Crippen LogP contribution >= 0.6 is 0 Å². The Kier molecular flexibility index (Phi) is 2.63. The molecule has 0 amide bonds. The Morgan fingerprint density at radius 3 is 2.61 bits per heavy atom. The lowest BCUT2D eigenvalue weighted by Crippen LogP contribution is -2.16. The number of nitrogens with zero attached hydrogens (tertiary/aromatic N) is 1. The largest absolute Gasteiger partial charge is 0.373 e. The number of benzene rings is 2. The second-order valence-corrected chi connectivity index (χ2v) is 4.68. The first kappa shape index (κ1) is 11.0. The molecule has 90 valence electrons. The molecule has 1 aliphatic heterocycles. The average Bonchev–Trinajstić information content (AvgIpc) is 2.81. The molecule has 0 aromatic heterocycles. The molecule has 0 atom stereocenters. The van der Waals surface area contributed by atoms with Crippen LogP contribution in [0.3, 0.4) is 0 Å². The van der Waals surface area contributed by atoms with Gasteiger partial charge in [-0.15, -0.1) is 0 Å². The highest BCUT2D eigenvalue weighted by Crippen LogP contribution is 2.31. The topological polar surface area (TPSA) is 20.3 Å². The molecule has 0 saturated carbocycles. The molecule has 18 heavy (non-hydrogen) atoms. The summed E-state index contributed by atoms with van der Waals surface area (Å²) in [7, 11) is 2.05. The van der Waals surface area contributed by atoms with Gasteiger partial charge in [0.05, 0.1) is 5.69 Å². The highest BCUT2D eigenvalue weighted by atomic mass is 16.1. The minimum absolute atomic E-state index is 0.112. The molecule has 2 aromatic carbocycles. The van der Waals surface area contributed by atoms with Crippen molar-refractivity contribution in [1.82, 2.24) is 0 Å². The van der Waals surface area contributed by atoms with E-state index in [4.69, 9.17) is 0 Å². The fourth-order valence-corrected chi connectivity index (χ4v) is 2.57. The number of ketones is 1. The van der Waals surface area contributed by atoms with Crippen LogP contribution in [-0.4, -0.2) is 19.4 Å². The molecule has 2 aromatic rings. The van der Waals surface area contributed by atoms with Crippen molar-refractivity contribution in [3.8, 4) is 0 Å². The van der Waals surface area contributed by atoms with Crippen molar-refractivity contribution in [2.24, 2.45) is 0 Å². The molecule has 1 heterocycles. The van der Waals surface area contributed by atoms with E-state index in [9.17, 15) is 4.79 Å². The first-order chi connectivity index (χ1) is 8.77. The SMILES string of the molecule is CN1CCc2cccc(C(=O)c3ccccc3)c21. The number of anilines is 1. The van der Waals surface area contributed by atoms with Gasteiger partial charge in [0.2, 0.25) is 0 Å². The van der Waals surface area contributed by atoms with E-state index in [2.05, 4.69) is 11.0 Å². The standard InChI is InChI=1S/C16H15NO/c1-17-11-10-12-8-5-9-14(15(12)17)16(18)13-6-3-2-4-7-13/h2-9H,10-11H2,1H3. The number of fused-ring (bicyclic) bond motifs is 1. The summed E-state index contributed by atoms with van der Waals surface area (Å²) >= 11 is 0. The molecule has 0 N–H and O–H groups in total. The average molecular weight is 237 g/mol. The molecule has 3 rings (SSSR count). The second kappa shape index (κ2) is 4.30. The van der Waals surface area contributed by atoms with Crippen LogP contribution in [0.5, 0.6) is 0 Å². The summed E-state index contributed by atoms with van der Waals surface area (Å²) < 4.78 is 0. The van der Waals surface area contributed by atoms with Gasteiger partial charge in [-0.1, -0.05) is 42.5 Å². The van der Waals surface area contributed by atoms with E-state index >= 15 is 0 Å². The molecule has 0 radical (unpaired) electrons. The molecule has 0 fully saturated rings. The van der Waals surface area contributed by atoms with Gasteiger partial charge in [0.15, 0.2) is 5.78 Å². The zero-order chi connectivity index (χ0) is 12.5. The third kappa shape index (κ3) is 1.70. The summed E-state index contributed by atoms with van der Waals surface area (Å²) in [6.45, 7) is 0.994. The number of rotatable bonds is 2. The van der Waals surface area contributed by atoms with E-state index in [1.165, 1.54) is 5.56 Å². The van der Waals surface area contributed by atoms with Gasteiger partial charge in [-0.3, -0.25) is 4.79 Å². The van der Waals surface area contributed by atoms with Crippen molar-refractivity contribution in [3.63, 3.8) is 0 Å². The first-order valence-corrected chi connectivity index (χ1v) is 6.20. The maximum absolute atomic E-state index is 12.5. The fourth-order valence-electron chi connectivity index (χ4n) is 2.57. The predicted octanol–water partition coefficient (Wildman–Crippen LogP) is 2.91. The smallest absolute Gasteiger partial charge is 0.195 e. The molecular weight excluding hydrogens is 222 g/mol. The number of hydrogen-bond donors (Lipinski definition) is 0. The van der Waals surface area contributed by atoms with Gasteiger partial charge in [0.25, 0.3) is 0 Å². The molecule has 1 aliphatic rings. The quantitative estimate of drug-likeness (QED) is 0.748. The maximum atomic E-state index is 12.5. The monoisotopic (exact) mass is 237 g/mol. The zero-order valence-corrected chi connectivity index (χ0v) is 10.4. The lowest BCUT2D eigenvalue weighted by Gasteiger charge is -2.16. The van der Waals surface area contributed by atoms with Crippen LogP contribution in [0.4, 0.5) is 5.69 Å². The maximum Gasteiger partial charge on any atom is 0.195 e. The number of hydrogen-bond acceptors (Lipinski definition) is 2. The Hall–Kier alpha value is -2.09. The van der Waals surface area contributed by atoms with Crippen LogP contribution in [0.25, 0.3) is 0 Å². The van der Waals surface area contributed by atoms with Gasteiger partial charge in [0, 0.05) is 24.7 Å². The van der Waals surface area contributed by atoms with E-state index in [1.807, 2.05) is 49.5 Å². The van der Waals surface area contributed by atoms with E-state index < -0.39 is 0 Å². The molecule has 0 aliphatic carbocycles. The number of carbonyl (C=O) groups is 1. The zero-order valence-electron chi connectivity index (χ0n) is 10.4. The Labute approximate surface area is 107 Å². The third-order valence-corrected chi connectivity index (χ3v) is 3.50. The molecule has 0 bridgehead atoms. The Morgan fingerprint density at radius 1 is 1.06 bits per heavy atom. The summed E-state index contributed by atoms with van der Waals surface area (Å²) in [6, 6.07) is 15.5. The first-order valence-electron chi connectivity index (χ1n) is 6.20. The summed E-state index contributed by atoms with van der Waals surface area (Å²) in [4.78, 5) is 14.7. The van der Waals surface area contributed by atoms with Gasteiger partial charge in [-0.25, -0.2) is 0 Å². The Morgan fingerprint density at radius 2 is 1.83 bits per heavy atom. The van der Waals surface area contributed by atoms with E-state index in [-0.39, 0.29) is 5.78 Å². The van der Waals surface area contributed by atoms with Gasteiger partial charge in [0.1, 0.15) is 0 Å². The van der Waals surface area contributed by atoms with Crippen molar-refractivity contribution in [2.75, 3.05) is 18.5 Å². The normalized spacial score (nSPS) is 13.5. The second-order valence-electron chi connectivity index (χ2n) is 4.68. The van der Waals surface area contributed by atoms with E-state index in [1.54, 1.807) is 0 Å². The molecular formula is C16H15NO. The molecule has 0 saturated heterocycles. The highest BCUT2D eigenvalue weighted by Gasteiger charge is 2.22. The number of carbonyl (C=O) groups excluding carboxylic acids is 1. The van der Waals surface area contributed by atoms with Crippen LogP contribution in [0.15, 0.2) is 48.5 Å². The van der Waals surface area contributed by atoms with Crippen LogP contribution in [0.1, 0.15) is 21.5 Å². The molecule has 2 nitrogen and oxygen atoms in total. The minimum atomic E-state index is 0.112.